The van der Waals surface area contributed by atoms with E-state index >= 15 is 0 Å². The smallest absolute Gasteiger partial charge is 0.192 e. The Morgan fingerprint density at radius 3 is 1.27 bits per heavy atom. The minimum atomic E-state index is 0.739. The van der Waals surface area contributed by atoms with Gasteiger partial charge in [0, 0.05) is 11.1 Å². The highest BCUT2D eigenvalue weighted by Crippen LogP contribution is 2.35. The number of benzene rings is 8. The molecule has 0 radical (unpaired) electrons. The van der Waals surface area contributed by atoms with Crippen molar-refractivity contribution in [1.82, 2.24) is 18.7 Å². The second-order valence-electron chi connectivity index (χ2n) is 22.2. The van der Waals surface area contributed by atoms with Crippen molar-refractivity contribution in [1.29, 1.82) is 21.0 Å². The Balaban J connectivity index is 0.000000102. The lowest BCUT2D eigenvalue weighted by Crippen LogP contribution is -2.36. The number of rotatable bonds is 0. The van der Waals surface area contributed by atoms with Crippen LogP contribution in [0.5, 0.6) is 0 Å². The van der Waals surface area contributed by atoms with Crippen LogP contribution in [0, 0.1) is 108 Å². The molecule has 4 aliphatic heterocycles. The molecule has 16 rings (SSSR count). The third kappa shape index (κ3) is 7.75. The van der Waals surface area contributed by atoms with Gasteiger partial charge in [-0.1, -0.05) is 48.0 Å². The maximum Gasteiger partial charge on any atom is 0.205 e. The van der Waals surface area contributed by atoms with Crippen LogP contribution in [-0.4, -0.2) is 18.7 Å². The van der Waals surface area contributed by atoms with Gasteiger partial charge in [0.25, 0.3) is 0 Å². The Bertz CT molecular complexity index is 4930. The summed E-state index contributed by atoms with van der Waals surface area (Å²) in [6.45, 7) is 23.0. The summed E-state index contributed by atoms with van der Waals surface area (Å²) in [5, 5.41) is 41.1. The van der Waals surface area contributed by atoms with Crippen LogP contribution in [0.1, 0.15) is 94.6 Å². The minimum absolute atomic E-state index is 0.739. The Kier molecular flexibility index (Phi) is 11.7. The molecular formula is C69H58N12+4. The normalized spacial score (nSPS) is 12.3. The Morgan fingerprint density at radius 1 is 0.346 bits per heavy atom. The van der Waals surface area contributed by atoms with Crippen molar-refractivity contribution in [3.8, 4) is 47.0 Å². The van der Waals surface area contributed by atoms with Crippen molar-refractivity contribution in [2.45, 2.75) is 88.5 Å². The molecule has 0 saturated heterocycles. The van der Waals surface area contributed by atoms with E-state index in [0.717, 1.165) is 92.0 Å². The molecule has 4 aliphatic rings. The molecule has 0 saturated carbocycles. The number of aromatic nitrogens is 8. The standard InChI is InChI=1S/C18H16N3.3C17H14N3/c1-11-7-18-15(13(3)12(11)2)9-20-10-16-14(8-19)5-4-6-17(16)21(18)20;1-11-6-12(2)14-9-19-10-15-13(8-18)4-3-5-16(15)20(19)17(14)7-11;1-11-6-12(2)17-14(7-11)9-19-10-15-13(8-18)4-3-5-16(15)20(17)19;1-11-6-7-14-9-19-10-15-13(8-18)4-3-5-16(15)20(19)17(14)12(11)2/h4-7,10H,9H2,1-3H3;3*3-7,10H,9H2,1-2H3/q4*+1. The maximum atomic E-state index is 9.28. The predicted octanol–water partition coefficient (Wildman–Crippen LogP) is 11.4. The predicted molar refractivity (Wildman–Crippen MR) is 312 cm³/mol. The largest absolute Gasteiger partial charge is 0.205 e. The molecule has 0 atom stereocenters. The fourth-order valence-corrected chi connectivity index (χ4v) is 13.1. The quantitative estimate of drug-likeness (QED) is 0.140. The SMILES string of the molecule is Cc1cc(C)c2c(c1)-n1c3cccc(C#N)c3c[n+]1C2.Cc1cc(C)c2c(c1)C[n+]1cc3c(C#N)cccc3n1-2.Cc1cc2c(c(C)c1C)C[n+]1cc3c(C#N)cccc3n1-2.Cc1ccc2c(c1C)-n1c3cccc(C#N)c3c[n+]1C2. The van der Waals surface area contributed by atoms with E-state index in [1.165, 1.54) is 95.1 Å². The fourth-order valence-electron chi connectivity index (χ4n) is 13.1. The monoisotopic (exact) mass is 1050 g/mol. The zero-order chi connectivity index (χ0) is 56.3. The molecule has 0 spiro atoms. The van der Waals surface area contributed by atoms with Crippen molar-refractivity contribution in [3.05, 3.63) is 235 Å². The van der Waals surface area contributed by atoms with E-state index in [-0.39, 0.29) is 0 Å². The number of nitriles is 4. The van der Waals surface area contributed by atoms with Gasteiger partial charge in [0.1, 0.15) is 69.1 Å². The molecule has 8 heterocycles. The lowest BCUT2D eigenvalue weighted by Gasteiger charge is -2.08. The Hall–Kier alpha value is -10.4. The van der Waals surface area contributed by atoms with Gasteiger partial charge in [0.2, 0.25) is 24.8 Å². The van der Waals surface area contributed by atoms with Gasteiger partial charge in [-0.2, -0.15) is 21.0 Å². The summed E-state index contributed by atoms with van der Waals surface area (Å²) in [6.07, 6.45) is 8.35. The number of fused-ring (bicyclic) bond motifs is 20. The van der Waals surface area contributed by atoms with E-state index in [2.05, 4.69) is 216 Å². The summed E-state index contributed by atoms with van der Waals surface area (Å²) < 4.78 is 17.8. The van der Waals surface area contributed by atoms with E-state index in [9.17, 15) is 21.0 Å². The van der Waals surface area contributed by atoms with Crippen LogP contribution in [0.2, 0.25) is 0 Å². The van der Waals surface area contributed by atoms with Crippen molar-refractivity contribution in [2.24, 2.45) is 0 Å². The van der Waals surface area contributed by atoms with E-state index in [0.29, 0.717) is 0 Å². The molecular weight excluding hydrogens is 997 g/mol. The van der Waals surface area contributed by atoms with Crippen LogP contribution in [0.25, 0.3) is 66.4 Å². The first-order valence-electron chi connectivity index (χ1n) is 27.4. The molecule has 390 valence electrons. The lowest BCUT2D eigenvalue weighted by atomic mass is 9.97. The molecule has 12 nitrogen and oxygen atoms in total. The number of hydrogen-bond donors (Lipinski definition) is 0. The molecule has 0 fully saturated rings. The molecule has 0 N–H and O–H groups in total. The van der Waals surface area contributed by atoms with Gasteiger partial charge in [-0.25, -0.2) is 0 Å². The van der Waals surface area contributed by atoms with Crippen LogP contribution < -0.4 is 18.7 Å². The Morgan fingerprint density at radius 2 is 0.765 bits per heavy atom. The van der Waals surface area contributed by atoms with Crippen LogP contribution >= 0.6 is 0 Å². The van der Waals surface area contributed by atoms with Crippen LogP contribution in [-0.2, 0) is 26.2 Å². The summed E-state index contributed by atoms with van der Waals surface area (Å²) in [5.74, 6) is 0. The lowest BCUT2D eigenvalue weighted by molar-refractivity contribution is -0.749. The van der Waals surface area contributed by atoms with Gasteiger partial charge < -0.3 is 0 Å². The van der Waals surface area contributed by atoms with Gasteiger partial charge >= 0.3 is 0 Å². The number of aryl methyl sites for hydroxylation is 6. The number of nitrogens with zero attached hydrogens (tertiary/aromatic N) is 12. The highest BCUT2D eigenvalue weighted by atomic mass is 15.4. The van der Waals surface area contributed by atoms with E-state index in [1.807, 2.05) is 48.5 Å². The number of hydrogen-bond acceptors (Lipinski definition) is 4. The van der Waals surface area contributed by atoms with E-state index in [4.69, 9.17) is 0 Å². The zero-order valence-corrected chi connectivity index (χ0v) is 47.0. The topological polar surface area (TPSA) is 130 Å². The fraction of sp³-hybridized carbons (Fsp3) is 0.188. The second kappa shape index (κ2) is 18.9. The molecule has 4 aromatic heterocycles. The van der Waals surface area contributed by atoms with Crippen molar-refractivity contribution in [2.75, 3.05) is 0 Å². The van der Waals surface area contributed by atoms with Crippen LogP contribution in [0.15, 0.2) is 140 Å². The van der Waals surface area contributed by atoms with Crippen LogP contribution in [0.3, 0.4) is 0 Å². The molecule has 12 heteroatoms. The van der Waals surface area contributed by atoms with Gasteiger partial charge in [0.15, 0.2) is 26.2 Å². The summed E-state index contributed by atoms with van der Waals surface area (Å²) in [6, 6.07) is 48.4. The third-order valence-corrected chi connectivity index (χ3v) is 17.2. The first-order chi connectivity index (χ1) is 39.2. The first kappa shape index (κ1) is 50.1. The van der Waals surface area contributed by atoms with Crippen molar-refractivity contribution < 1.29 is 18.7 Å². The molecule has 8 aromatic carbocycles. The molecule has 81 heavy (non-hydrogen) atoms. The third-order valence-electron chi connectivity index (χ3n) is 17.2. The second-order valence-corrected chi connectivity index (χ2v) is 22.2. The van der Waals surface area contributed by atoms with E-state index < -0.39 is 0 Å². The molecule has 12 aromatic rings. The average Bonchev–Trinajstić information content (AvgIpc) is 4.48. The van der Waals surface area contributed by atoms with Gasteiger partial charge in [-0.05, 0) is 180 Å². The van der Waals surface area contributed by atoms with Gasteiger partial charge in [-0.15, -0.1) is 37.5 Å². The molecule has 0 amide bonds. The Labute approximate surface area is 470 Å². The first-order valence-corrected chi connectivity index (χ1v) is 27.4. The van der Waals surface area contributed by atoms with Crippen molar-refractivity contribution in [3.63, 3.8) is 0 Å². The minimum Gasteiger partial charge on any atom is -0.192 e. The maximum absolute atomic E-state index is 9.28. The molecule has 0 bridgehead atoms. The summed E-state index contributed by atoms with van der Waals surface area (Å²) >= 11 is 0. The molecule has 0 aliphatic carbocycles. The van der Waals surface area contributed by atoms with Gasteiger partial charge in [-0.3, -0.25) is 0 Å². The average molecular weight is 1060 g/mol. The zero-order valence-electron chi connectivity index (χ0n) is 47.0. The molecule has 0 unspecified atom stereocenters. The van der Waals surface area contributed by atoms with Crippen LogP contribution in [0.4, 0.5) is 0 Å². The highest BCUT2D eigenvalue weighted by Gasteiger charge is 2.35. The highest BCUT2D eigenvalue weighted by molar-refractivity contribution is 5.88. The van der Waals surface area contributed by atoms with Crippen molar-refractivity contribution >= 4 is 43.6 Å². The summed E-state index contributed by atoms with van der Waals surface area (Å²) in [4.78, 5) is 0. The van der Waals surface area contributed by atoms with Gasteiger partial charge in [0.05, 0.1) is 54.9 Å². The van der Waals surface area contributed by atoms with E-state index in [1.54, 1.807) is 0 Å². The summed E-state index contributed by atoms with van der Waals surface area (Å²) in [7, 11) is 0. The summed E-state index contributed by atoms with van der Waals surface area (Å²) in [5.41, 5.74) is 29.8.